The Morgan fingerprint density at radius 2 is 2.13 bits per heavy atom. The molecular formula is C9H5F3N2O. The number of carbonyl (C=O) groups is 1. The monoisotopic (exact) mass is 214 g/mol. The Balaban J connectivity index is 2.80. The predicted octanol–water partition coefficient (Wildman–Crippen LogP) is 2.39. The fraction of sp³-hybridized carbons (Fsp3) is 0.111. The fourth-order valence-corrected chi connectivity index (χ4v) is 1.38. The summed E-state index contributed by atoms with van der Waals surface area (Å²) >= 11 is 0. The van der Waals surface area contributed by atoms with Crippen molar-refractivity contribution < 1.29 is 18.0 Å². The smallest absolute Gasteiger partial charge is 0.346 e. The number of nitrogens with zero attached hydrogens (tertiary/aromatic N) is 1. The fourth-order valence-electron chi connectivity index (χ4n) is 1.38. The minimum atomic E-state index is -4.56. The SMILES string of the molecule is O=Cc1c(C(F)(F)F)cnc2[nH]ccc12. The number of hydrogen-bond acceptors (Lipinski definition) is 2. The molecule has 0 unspecified atom stereocenters. The topological polar surface area (TPSA) is 45.8 Å². The second kappa shape index (κ2) is 3.08. The number of carbonyl (C=O) groups excluding carboxylic acids is 1. The highest BCUT2D eigenvalue weighted by Gasteiger charge is 2.34. The van der Waals surface area contributed by atoms with E-state index in [2.05, 4.69) is 9.97 Å². The predicted molar refractivity (Wildman–Crippen MR) is 46.5 cm³/mol. The van der Waals surface area contributed by atoms with E-state index < -0.39 is 11.7 Å². The maximum atomic E-state index is 12.5. The minimum absolute atomic E-state index is 0.180. The molecule has 0 amide bonds. The van der Waals surface area contributed by atoms with Crippen molar-refractivity contribution in [2.45, 2.75) is 6.18 Å². The number of aromatic nitrogens is 2. The van der Waals surface area contributed by atoms with Gasteiger partial charge < -0.3 is 4.98 Å². The van der Waals surface area contributed by atoms with Crippen molar-refractivity contribution in [1.82, 2.24) is 9.97 Å². The number of nitrogens with one attached hydrogen (secondary N) is 1. The van der Waals surface area contributed by atoms with Crippen molar-refractivity contribution in [2.24, 2.45) is 0 Å². The molecule has 0 aliphatic carbocycles. The van der Waals surface area contributed by atoms with E-state index in [9.17, 15) is 18.0 Å². The molecule has 78 valence electrons. The first kappa shape index (κ1) is 9.70. The summed E-state index contributed by atoms with van der Waals surface area (Å²) in [5.41, 5.74) is -1.12. The number of aldehydes is 1. The molecular weight excluding hydrogens is 209 g/mol. The lowest BCUT2D eigenvalue weighted by molar-refractivity contribution is -0.137. The van der Waals surface area contributed by atoms with Gasteiger partial charge in [0.15, 0.2) is 6.29 Å². The van der Waals surface area contributed by atoms with Gasteiger partial charge >= 0.3 is 6.18 Å². The van der Waals surface area contributed by atoms with Crippen LogP contribution in [-0.2, 0) is 6.18 Å². The summed E-state index contributed by atoms with van der Waals surface area (Å²) in [7, 11) is 0. The third-order valence-electron chi connectivity index (χ3n) is 2.05. The van der Waals surface area contributed by atoms with Crippen LogP contribution >= 0.6 is 0 Å². The highest BCUT2D eigenvalue weighted by molar-refractivity contribution is 5.96. The third-order valence-corrected chi connectivity index (χ3v) is 2.05. The molecule has 0 fully saturated rings. The minimum Gasteiger partial charge on any atom is -0.346 e. The summed E-state index contributed by atoms with van der Waals surface area (Å²) in [4.78, 5) is 16.9. The molecule has 3 nitrogen and oxygen atoms in total. The lowest BCUT2D eigenvalue weighted by atomic mass is 10.1. The van der Waals surface area contributed by atoms with E-state index in [4.69, 9.17) is 0 Å². The molecule has 1 N–H and O–H groups in total. The first-order valence-corrected chi connectivity index (χ1v) is 4.02. The molecule has 0 aliphatic rings. The molecule has 2 rings (SSSR count). The van der Waals surface area contributed by atoms with Crippen molar-refractivity contribution >= 4 is 17.3 Å². The summed E-state index contributed by atoms with van der Waals surface area (Å²) in [6.07, 6.45) is -2.28. The molecule has 0 radical (unpaired) electrons. The molecule has 2 aromatic rings. The number of H-pyrrole nitrogens is 1. The molecule has 2 aromatic heterocycles. The highest BCUT2D eigenvalue weighted by Crippen LogP contribution is 2.33. The van der Waals surface area contributed by atoms with Crippen molar-refractivity contribution in [2.75, 3.05) is 0 Å². The zero-order valence-corrected chi connectivity index (χ0v) is 7.30. The van der Waals surface area contributed by atoms with Crippen molar-refractivity contribution in [3.63, 3.8) is 0 Å². The second-order valence-electron chi connectivity index (χ2n) is 2.94. The molecule has 0 aliphatic heterocycles. The third kappa shape index (κ3) is 1.47. The first-order valence-electron chi connectivity index (χ1n) is 4.02. The Morgan fingerprint density at radius 1 is 1.40 bits per heavy atom. The van der Waals surface area contributed by atoms with E-state index in [0.717, 1.165) is 0 Å². The van der Waals surface area contributed by atoms with E-state index in [-0.39, 0.29) is 22.9 Å². The first-order chi connectivity index (χ1) is 7.04. The Morgan fingerprint density at radius 3 is 2.73 bits per heavy atom. The van der Waals surface area contributed by atoms with E-state index in [1.807, 2.05) is 0 Å². The van der Waals surface area contributed by atoms with Crippen molar-refractivity contribution in [3.8, 4) is 0 Å². The summed E-state index contributed by atoms with van der Waals surface area (Å²) in [6, 6.07) is 1.39. The summed E-state index contributed by atoms with van der Waals surface area (Å²) in [6.45, 7) is 0. The van der Waals surface area contributed by atoms with Crippen LogP contribution in [0.2, 0.25) is 0 Å². The number of hydrogen-bond donors (Lipinski definition) is 1. The maximum absolute atomic E-state index is 12.5. The normalized spacial score (nSPS) is 11.9. The molecule has 0 bridgehead atoms. The zero-order chi connectivity index (χ0) is 11.1. The van der Waals surface area contributed by atoms with Crippen LogP contribution in [0.3, 0.4) is 0 Å². The van der Waals surface area contributed by atoms with Crippen LogP contribution in [-0.4, -0.2) is 16.3 Å². The number of rotatable bonds is 1. The molecule has 0 atom stereocenters. The zero-order valence-electron chi connectivity index (χ0n) is 7.30. The average molecular weight is 214 g/mol. The van der Waals surface area contributed by atoms with Gasteiger partial charge in [-0.1, -0.05) is 0 Å². The maximum Gasteiger partial charge on any atom is 0.418 e. The Kier molecular flexibility index (Phi) is 1.99. The standard InChI is InChI=1S/C9H5F3N2O/c10-9(11,12)7-3-14-8-5(1-2-13-8)6(7)4-15/h1-4H,(H,13,14). The summed E-state index contributed by atoms with van der Waals surface area (Å²) in [5.74, 6) is 0. The van der Waals surface area contributed by atoms with Crippen LogP contribution in [0.5, 0.6) is 0 Å². The van der Waals surface area contributed by atoms with Gasteiger partial charge in [-0.3, -0.25) is 4.79 Å². The molecule has 0 saturated heterocycles. The Labute approximate surface area is 81.9 Å². The largest absolute Gasteiger partial charge is 0.418 e. The molecule has 6 heteroatoms. The van der Waals surface area contributed by atoms with Gasteiger partial charge in [-0.15, -0.1) is 0 Å². The lowest BCUT2D eigenvalue weighted by Crippen LogP contribution is -2.09. The number of aromatic amines is 1. The number of halogens is 3. The quantitative estimate of drug-likeness (QED) is 0.741. The van der Waals surface area contributed by atoms with Crippen LogP contribution < -0.4 is 0 Å². The highest BCUT2D eigenvalue weighted by atomic mass is 19.4. The second-order valence-corrected chi connectivity index (χ2v) is 2.94. The van der Waals surface area contributed by atoms with Gasteiger partial charge in [-0.05, 0) is 6.07 Å². The molecule has 0 spiro atoms. The van der Waals surface area contributed by atoms with Gasteiger partial charge in [0.2, 0.25) is 0 Å². The van der Waals surface area contributed by atoms with Gasteiger partial charge in [-0.2, -0.15) is 13.2 Å². The number of fused-ring (bicyclic) bond motifs is 1. The van der Waals surface area contributed by atoms with Crippen molar-refractivity contribution in [3.05, 3.63) is 29.6 Å². The number of alkyl halides is 3. The van der Waals surface area contributed by atoms with Gasteiger partial charge in [0, 0.05) is 23.3 Å². The van der Waals surface area contributed by atoms with Gasteiger partial charge in [-0.25, -0.2) is 4.98 Å². The van der Waals surface area contributed by atoms with Crippen LogP contribution in [0.15, 0.2) is 18.5 Å². The molecule has 0 aromatic carbocycles. The molecule has 15 heavy (non-hydrogen) atoms. The van der Waals surface area contributed by atoms with E-state index >= 15 is 0 Å². The van der Waals surface area contributed by atoms with E-state index in [1.54, 1.807) is 0 Å². The van der Waals surface area contributed by atoms with Crippen molar-refractivity contribution in [1.29, 1.82) is 0 Å². The van der Waals surface area contributed by atoms with Crippen LogP contribution in [0.25, 0.3) is 11.0 Å². The molecule has 0 saturated carbocycles. The van der Waals surface area contributed by atoms with Crippen LogP contribution in [0.1, 0.15) is 15.9 Å². The van der Waals surface area contributed by atoms with E-state index in [1.165, 1.54) is 12.3 Å². The Hall–Kier alpha value is -1.85. The number of pyridine rings is 1. The van der Waals surface area contributed by atoms with Gasteiger partial charge in [0.25, 0.3) is 0 Å². The lowest BCUT2D eigenvalue weighted by Gasteiger charge is -2.08. The molecule has 2 heterocycles. The van der Waals surface area contributed by atoms with Gasteiger partial charge in [0.05, 0.1) is 5.56 Å². The van der Waals surface area contributed by atoms with E-state index in [0.29, 0.717) is 6.20 Å². The average Bonchev–Trinajstić information content (AvgIpc) is 2.61. The van der Waals surface area contributed by atoms with Gasteiger partial charge in [0.1, 0.15) is 5.65 Å². The summed E-state index contributed by atoms with van der Waals surface area (Å²) < 4.78 is 37.4. The summed E-state index contributed by atoms with van der Waals surface area (Å²) in [5, 5.41) is 0.180. The van der Waals surface area contributed by atoms with Crippen LogP contribution in [0.4, 0.5) is 13.2 Å². The Bertz CT molecular complexity index is 516. The van der Waals surface area contributed by atoms with Crippen LogP contribution in [0, 0.1) is 0 Å².